The topological polar surface area (TPSA) is 69.8 Å². The van der Waals surface area contributed by atoms with Crippen molar-refractivity contribution in [2.24, 2.45) is 0 Å². The first kappa shape index (κ1) is 13.5. The average molecular weight is 312 g/mol. The van der Waals surface area contributed by atoms with Crippen LogP contribution in [0.4, 0.5) is 5.82 Å². The number of nitrogens with one attached hydrogen (secondary N) is 3. The van der Waals surface area contributed by atoms with Crippen LogP contribution in [-0.2, 0) is 6.54 Å². The number of carbonyl (C=O) groups is 1. The minimum Gasteiger partial charge on any atom is -0.310 e. The molecule has 5 nitrogen and oxygen atoms in total. The number of aromatic nitrogens is 2. The molecule has 6 heteroatoms. The molecule has 0 bridgehead atoms. The van der Waals surface area contributed by atoms with Crippen LogP contribution in [0.25, 0.3) is 10.2 Å². The predicted octanol–water partition coefficient (Wildman–Crippen LogP) is 3.13. The number of hydrogen-bond donors (Lipinski definition) is 3. The first-order valence-corrected chi connectivity index (χ1v) is 8.23. The molecular weight excluding hydrogens is 296 g/mol. The van der Waals surface area contributed by atoms with Gasteiger partial charge in [-0.3, -0.25) is 9.89 Å². The molecule has 112 valence electrons. The Bertz CT molecular complexity index is 801. The highest BCUT2D eigenvalue weighted by Crippen LogP contribution is 2.25. The van der Waals surface area contributed by atoms with Crippen LogP contribution in [0.3, 0.4) is 0 Å². The van der Waals surface area contributed by atoms with Gasteiger partial charge < -0.3 is 10.6 Å². The Kier molecular flexibility index (Phi) is 3.40. The van der Waals surface area contributed by atoms with Crippen LogP contribution in [0.2, 0.25) is 0 Å². The van der Waals surface area contributed by atoms with Gasteiger partial charge in [0, 0.05) is 18.2 Å². The van der Waals surface area contributed by atoms with Crippen molar-refractivity contribution in [1.29, 1.82) is 0 Å². The Morgan fingerprint density at radius 1 is 1.27 bits per heavy atom. The van der Waals surface area contributed by atoms with E-state index in [1.807, 2.05) is 35.7 Å². The van der Waals surface area contributed by atoms with E-state index in [2.05, 4.69) is 20.8 Å². The third kappa shape index (κ3) is 2.75. The Morgan fingerprint density at radius 2 is 2.09 bits per heavy atom. The third-order valence-electron chi connectivity index (χ3n) is 3.81. The van der Waals surface area contributed by atoms with Crippen LogP contribution in [0.5, 0.6) is 0 Å². The molecule has 2 heterocycles. The second-order valence-electron chi connectivity index (χ2n) is 5.54. The van der Waals surface area contributed by atoms with E-state index in [0.717, 1.165) is 16.8 Å². The lowest BCUT2D eigenvalue weighted by Crippen LogP contribution is -2.16. The molecule has 2 aromatic heterocycles. The number of amides is 1. The zero-order valence-electron chi connectivity index (χ0n) is 11.9. The molecule has 0 aliphatic heterocycles. The third-order valence-corrected chi connectivity index (χ3v) is 4.62. The number of carbonyl (C=O) groups excluding carboxylic acids is 1. The van der Waals surface area contributed by atoms with Crippen molar-refractivity contribution in [3.05, 3.63) is 46.8 Å². The van der Waals surface area contributed by atoms with Gasteiger partial charge >= 0.3 is 0 Å². The van der Waals surface area contributed by atoms with E-state index in [1.54, 1.807) is 11.3 Å². The van der Waals surface area contributed by atoms with Gasteiger partial charge in [-0.2, -0.15) is 5.10 Å². The maximum atomic E-state index is 12.3. The molecule has 0 saturated heterocycles. The van der Waals surface area contributed by atoms with Crippen LogP contribution in [-0.4, -0.2) is 22.1 Å². The van der Waals surface area contributed by atoms with Gasteiger partial charge in [-0.1, -0.05) is 12.1 Å². The van der Waals surface area contributed by atoms with Gasteiger partial charge in [0.25, 0.3) is 5.91 Å². The van der Waals surface area contributed by atoms with Crippen molar-refractivity contribution in [3.8, 4) is 0 Å². The minimum atomic E-state index is -0.126. The maximum Gasteiger partial charge on any atom is 0.256 e. The summed E-state index contributed by atoms with van der Waals surface area (Å²) in [6.45, 7) is 0.864. The van der Waals surface area contributed by atoms with Crippen molar-refractivity contribution in [2.75, 3.05) is 5.32 Å². The molecule has 3 N–H and O–H groups in total. The molecular formula is C16H16N4OS. The van der Waals surface area contributed by atoms with Crippen molar-refractivity contribution in [2.45, 2.75) is 25.4 Å². The largest absolute Gasteiger partial charge is 0.310 e. The number of rotatable bonds is 5. The zero-order valence-corrected chi connectivity index (χ0v) is 12.7. The molecule has 0 atom stereocenters. The summed E-state index contributed by atoms with van der Waals surface area (Å²) in [7, 11) is 0. The fourth-order valence-corrected chi connectivity index (χ4v) is 3.08. The highest BCUT2D eigenvalue weighted by atomic mass is 32.1. The van der Waals surface area contributed by atoms with E-state index in [4.69, 9.17) is 0 Å². The van der Waals surface area contributed by atoms with Crippen LogP contribution in [0.15, 0.2) is 35.7 Å². The second kappa shape index (κ2) is 5.55. The number of H-pyrrole nitrogens is 1. The Morgan fingerprint density at radius 3 is 2.86 bits per heavy atom. The van der Waals surface area contributed by atoms with Crippen LogP contribution < -0.4 is 10.6 Å². The summed E-state index contributed by atoms with van der Waals surface area (Å²) in [5.41, 5.74) is 1.85. The van der Waals surface area contributed by atoms with Gasteiger partial charge in [0.15, 0.2) is 0 Å². The van der Waals surface area contributed by atoms with Gasteiger partial charge in [-0.15, -0.1) is 11.3 Å². The van der Waals surface area contributed by atoms with E-state index in [-0.39, 0.29) is 5.91 Å². The van der Waals surface area contributed by atoms with E-state index in [1.165, 1.54) is 18.4 Å². The van der Waals surface area contributed by atoms with Crippen molar-refractivity contribution in [3.63, 3.8) is 0 Å². The second-order valence-corrected chi connectivity index (χ2v) is 6.44. The molecule has 1 saturated carbocycles. The molecule has 3 aromatic rings. The summed E-state index contributed by atoms with van der Waals surface area (Å²) in [5.74, 6) is 0.527. The number of aromatic amines is 1. The predicted molar refractivity (Wildman–Crippen MR) is 88.2 cm³/mol. The lowest BCUT2D eigenvalue weighted by atomic mass is 10.1. The molecule has 0 spiro atoms. The molecule has 0 radical (unpaired) electrons. The summed E-state index contributed by atoms with van der Waals surface area (Å²) in [6.07, 6.45) is 2.56. The molecule has 0 unspecified atom stereocenters. The van der Waals surface area contributed by atoms with Gasteiger partial charge in [0.05, 0.1) is 5.39 Å². The van der Waals surface area contributed by atoms with Crippen molar-refractivity contribution < 1.29 is 4.79 Å². The average Bonchev–Trinajstić information content (AvgIpc) is 3.12. The SMILES string of the molecule is O=C(Nc1[nH]nc2sccc12)c1ccc(CNC2CC2)cc1. The van der Waals surface area contributed by atoms with Crippen LogP contribution >= 0.6 is 11.3 Å². The summed E-state index contributed by atoms with van der Waals surface area (Å²) < 4.78 is 0. The van der Waals surface area contributed by atoms with Crippen LogP contribution in [0, 0.1) is 0 Å². The molecule has 22 heavy (non-hydrogen) atoms. The van der Waals surface area contributed by atoms with Crippen molar-refractivity contribution >= 4 is 33.3 Å². The molecule has 1 fully saturated rings. The number of nitrogens with zero attached hydrogens (tertiary/aromatic N) is 1. The zero-order chi connectivity index (χ0) is 14.9. The lowest BCUT2D eigenvalue weighted by molar-refractivity contribution is 0.102. The molecule has 1 aliphatic carbocycles. The quantitative estimate of drug-likeness (QED) is 0.678. The molecule has 1 aromatic carbocycles. The van der Waals surface area contributed by atoms with Crippen molar-refractivity contribution in [1.82, 2.24) is 15.5 Å². The normalized spacial score (nSPS) is 14.4. The van der Waals surface area contributed by atoms with E-state index < -0.39 is 0 Å². The smallest absolute Gasteiger partial charge is 0.256 e. The summed E-state index contributed by atoms with van der Waals surface area (Å²) in [6, 6.07) is 10.4. The first-order valence-electron chi connectivity index (χ1n) is 7.35. The fraction of sp³-hybridized carbons (Fsp3) is 0.250. The van der Waals surface area contributed by atoms with E-state index in [0.29, 0.717) is 17.4 Å². The number of anilines is 1. The number of fused-ring (bicyclic) bond motifs is 1. The highest BCUT2D eigenvalue weighted by molar-refractivity contribution is 7.16. The summed E-state index contributed by atoms with van der Waals surface area (Å²) in [5, 5.41) is 16.3. The van der Waals surface area contributed by atoms with Gasteiger partial charge in [0.2, 0.25) is 0 Å². The highest BCUT2D eigenvalue weighted by Gasteiger charge is 2.19. The summed E-state index contributed by atoms with van der Waals surface area (Å²) in [4.78, 5) is 13.2. The Labute approximate surface area is 131 Å². The minimum absolute atomic E-state index is 0.126. The van der Waals surface area contributed by atoms with Crippen LogP contribution in [0.1, 0.15) is 28.8 Å². The summed E-state index contributed by atoms with van der Waals surface area (Å²) >= 11 is 1.55. The Hall–Kier alpha value is -2.18. The standard InChI is InChI=1S/C16H16N4OS/c21-15(18-14-13-7-8-22-16(13)20-19-14)11-3-1-10(2-4-11)9-17-12-5-6-12/h1-4,7-8,12,17H,5-6,9H2,(H2,18,19,20,21). The maximum absolute atomic E-state index is 12.3. The molecule has 1 aliphatic rings. The van der Waals surface area contributed by atoms with E-state index in [9.17, 15) is 4.79 Å². The lowest BCUT2D eigenvalue weighted by Gasteiger charge is -2.06. The number of benzene rings is 1. The fourth-order valence-electron chi connectivity index (χ4n) is 2.35. The molecule has 4 rings (SSSR count). The van der Waals surface area contributed by atoms with Gasteiger partial charge in [-0.25, -0.2) is 0 Å². The number of thiophene rings is 1. The van der Waals surface area contributed by atoms with E-state index >= 15 is 0 Å². The first-order chi connectivity index (χ1) is 10.8. The van der Waals surface area contributed by atoms with Gasteiger partial charge in [0.1, 0.15) is 10.6 Å². The number of hydrogen-bond acceptors (Lipinski definition) is 4. The van der Waals surface area contributed by atoms with Gasteiger partial charge in [-0.05, 0) is 42.0 Å². The Balaban J connectivity index is 1.44. The monoisotopic (exact) mass is 312 g/mol. The molecule has 1 amide bonds.